The van der Waals surface area contributed by atoms with Crippen LogP contribution in [0, 0.1) is 0 Å². The van der Waals surface area contributed by atoms with E-state index in [1.54, 1.807) is 0 Å². The van der Waals surface area contributed by atoms with Crippen LogP contribution in [0.4, 0.5) is 11.6 Å². The Morgan fingerprint density at radius 1 is 1.07 bits per heavy atom. The molecule has 1 fully saturated rings. The zero-order valence-corrected chi connectivity index (χ0v) is 17.7. The molecule has 0 aromatic carbocycles. The first kappa shape index (κ1) is 20.0. The summed E-state index contributed by atoms with van der Waals surface area (Å²) in [7, 11) is 2.18. The molecule has 1 saturated heterocycles. The molecule has 5 nitrogen and oxygen atoms in total. The highest BCUT2D eigenvalue weighted by Crippen LogP contribution is 2.28. The van der Waals surface area contributed by atoms with Crippen molar-refractivity contribution in [1.29, 1.82) is 0 Å². The van der Waals surface area contributed by atoms with Gasteiger partial charge in [0.2, 0.25) is 0 Å². The Kier molecular flexibility index (Phi) is 6.97. The van der Waals surface area contributed by atoms with Gasteiger partial charge in [-0.3, -0.25) is 0 Å². The molecule has 0 aliphatic carbocycles. The fourth-order valence-corrected chi connectivity index (χ4v) is 3.94. The number of unbranched alkanes of at least 4 members (excludes halogenated alkanes) is 3. The highest BCUT2D eigenvalue weighted by atomic mass is 15.4. The minimum Gasteiger partial charge on any atom is -0.359 e. The summed E-state index contributed by atoms with van der Waals surface area (Å²) in [5.74, 6) is 2.77. The van der Waals surface area contributed by atoms with Gasteiger partial charge in [-0.05, 0) is 25.7 Å². The van der Waals surface area contributed by atoms with E-state index < -0.39 is 0 Å². The fraction of sp³-hybridized carbons (Fsp3) is 0.727. The van der Waals surface area contributed by atoms with Crippen molar-refractivity contribution in [3.05, 3.63) is 17.8 Å². The summed E-state index contributed by atoms with van der Waals surface area (Å²) in [6.45, 7) is 10.1. The van der Waals surface area contributed by atoms with E-state index in [0.717, 1.165) is 31.1 Å². The van der Waals surface area contributed by atoms with E-state index >= 15 is 0 Å². The van der Waals surface area contributed by atoms with Gasteiger partial charge in [0.15, 0.2) is 5.65 Å². The van der Waals surface area contributed by atoms with Crippen LogP contribution in [0.25, 0.3) is 5.65 Å². The van der Waals surface area contributed by atoms with Crippen LogP contribution in [0.1, 0.15) is 83.7 Å². The van der Waals surface area contributed by atoms with Crippen LogP contribution < -0.4 is 9.80 Å². The quantitative estimate of drug-likeness (QED) is 0.535. The maximum atomic E-state index is 4.98. The molecular weight excluding hydrogens is 334 g/mol. The first-order valence-electron chi connectivity index (χ1n) is 11.0. The number of anilines is 2. The van der Waals surface area contributed by atoms with Gasteiger partial charge in [0.25, 0.3) is 0 Å². The lowest BCUT2D eigenvalue weighted by molar-refractivity contribution is 0.584. The summed E-state index contributed by atoms with van der Waals surface area (Å²) in [6.07, 6.45) is 10.0. The Balaban J connectivity index is 1.93. The van der Waals surface area contributed by atoms with Gasteiger partial charge in [-0.1, -0.05) is 46.5 Å². The van der Waals surface area contributed by atoms with Crippen molar-refractivity contribution in [2.75, 3.05) is 36.5 Å². The largest absolute Gasteiger partial charge is 0.359 e. The molecule has 0 bridgehead atoms. The molecule has 0 radical (unpaired) electrons. The maximum Gasteiger partial charge on any atom is 0.160 e. The van der Waals surface area contributed by atoms with E-state index in [9.17, 15) is 0 Å². The minimum atomic E-state index is 0.488. The monoisotopic (exact) mass is 371 g/mol. The number of hydrogen-bond acceptors (Lipinski definition) is 4. The third kappa shape index (κ3) is 4.74. The van der Waals surface area contributed by atoms with Gasteiger partial charge < -0.3 is 9.80 Å². The van der Waals surface area contributed by atoms with Crippen LogP contribution in [0.2, 0.25) is 0 Å². The van der Waals surface area contributed by atoms with Crippen LogP contribution in [0.5, 0.6) is 0 Å². The number of nitrogens with zero attached hydrogens (tertiary/aromatic N) is 5. The molecule has 1 aliphatic heterocycles. The lowest BCUT2D eigenvalue weighted by atomic mass is 10.0. The second-order valence-corrected chi connectivity index (χ2v) is 8.18. The molecule has 1 unspecified atom stereocenters. The Morgan fingerprint density at radius 3 is 2.52 bits per heavy atom. The number of rotatable bonds is 10. The Hall–Kier alpha value is -1.78. The van der Waals surface area contributed by atoms with Crippen molar-refractivity contribution >= 4 is 17.3 Å². The Morgan fingerprint density at radius 2 is 1.81 bits per heavy atom. The topological polar surface area (TPSA) is 36.7 Å². The second kappa shape index (κ2) is 9.43. The van der Waals surface area contributed by atoms with Crippen LogP contribution >= 0.6 is 0 Å². The van der Waals surface area contributed by atoms with Gasteiger partial charge >= 0.3 is 0 Å². The van der Waals surface area contributed by atoms with Crippen molar-refractivity contribution < 1.29 is 0 Å². The zero-order chi connectivity index (χ0) is 19.2. The second-order valence-electron chi connectivity index (χ2n) is 8.18. The first-order chi connectivity index (χ1) is 13.1. The summed E-state index contributed by atoms with van der Waals surface area (Å²) in [5, 5.41) is 4.98. The van der Waals surface area contributed by atoms with E-state index in [0.29, 0.717) is 5.92 Å². The Labute approximate surface area is 164 Å². The van der Waals surface area contributed by atoms with Gasteiger partial charge in [-0.25, -0.2) is 4.98 Å². The molecule has 0 saturated carbocycles. The lowest BCUT2D eigenvalue weighted by Crippen LogP contribution is -2.24. The first-order valence-corrected chi connectivity index (χ1v) is 11.0. The lowest BCUT2D eigenvalue weighted by Gasteiger charge is -2.23. The number of hydrogen-bond donors (Lipinski definition) is 0. The van der Waals surface area contributed by atoms with Gasteiger partial charge in [0, 0.05) is 44.7 Å². The predicted molar refractivity (Wildman–Crippen MR) is 115 cm³/mol. The average molecular weight is 372 g/mol. The van der Waals surface area contributed by atoms with Gasteiger partial charge in [-0.2, -0.15) is 9.61 Å². The van der Waals surface area contributed by atoms with Crippen molar-refractivity contribution in [2.45, 2.75) is 78.1 Å². The highest BCUT2D eigenvalue weighted by molar-refractivity contribution is 5.60. The summed E-state index contributed by atoms with van der Waals surface area (Å²) >= 11 is 0. The number of fused-ring (bicyclic) bond motifs is 1. The fourth-order valence-electron chi connectivity index (χ4n) is 3.94. The van der Waals surface area contributed by atoms with Crippen molar-refractivity contribution in [3.8, 4) is 0 Å². The van der Waals surface area contributed by atoms with Crippen LogP contribution in [0.3, 0.4) is 0 Å². The molecular formula is C22H37N5. The predicted octanol–water partition coefficient (Wildman–Crippen LogP) is 5.25. The van der Waals surface area contributed by atoms with E-state index in [1.807, 2.05) is 0 Å². The van der Waals surface area contributed by atoms with Crippen LogP contribution in [0.15, 0.2) is 12.1 Å². The van der Waals surface area contributed by atoms with Gasteiger partial charge in [0.1, 0.15) is 11.6 Å². The standard InChI is InChI=1S/C22H37N5/c1-5-7-9-12-18(3)19-16-21-23-20(26-14-10-11-15-26)17-22(27(21)24-19)25(4)13-8-6-2/h16-18H,5-15H2,1-4H3. The molecule has 3 rings (SSSR count). The van der Waals surface area contributed by atoms with Crippen molar-refractivity contribution in [1.82, 2.24) is 14.6 Å². The van der Waals surface area contributed by atoms with E-state index in [-0.39, 0.29) is 0 Å². The molecule has 27 heavy (non-hydrogen) atoms. The molecule has 2 aromatic rings. The van der Waals surface area contributed by atoms with E-state index in [1.165, 1.54) is 62.9 Å². The van der Waals surface area contributed by atoms with Crippen molar-refractivity contribution in [3.63, 3.8) is 0 Å². The minimum absolute atomic E-state index is 0.488. The molecule has 1 atom stereocenters. The molecule has 0 N–H and O–H groups in total. The molecule has 2 aromatic heterocycles. The van der Waals surface area contributed by atoms with Crippen LogP contribution in [-0.2, 0) is 0 Å². The SMILES string of the molecule is CCCCCC(C)c1cc2nc(N3CCCC3)cc(N(C)CCCC)n2n1. The highest BCUT2D eigenvalue weighted by Gasteiger charge is 2.20. The molecule has 0 spiro atoms. The molecule has 5 heteroatoms. The third-order valence-electron chi connectivity index (χ3n) is 5.83. The third-order valence-corrected chi connectivity index (χ3v) is 5.83. The number of aromatic nitrogens is 3. The van der Waals surface area contributed by atoms with Crippen LogP contribution in [-0.4, -0.2) is 41.3 Å². The molecule has 0 amide bonds. The van der Waals surface area contributed by atoms with Crippen molar-refractivity contribution in [2.24, 2.45) is 0 Å². The van der Waals surface area contributed by atoms with Gasteiger partial charge in [-0.15, -0.1) is 0 Å². The summed E-state index contributed by atoms with van der Waals surface area (Å²) in [6, 6.07) is 4.46. The molecule has 3 heterocycles. The maximum absolute atomic E-state index is 4.98. The summed E-state index contributed by atoms with van der Waals surface area (Å²) < 4.78 is 2.07. The smallest absolute Gasteiger partial charge is 0.160 e. The van der Waals surface area contributed by atoms with E-state index in [2.05, 4.69) is 54.3 Å². The Bertz CT molecular complexity index is 717. The summed E-state index contributed by atoms with van der Waals surface area (Å²) in [4.78, 5) is 9.75. The van der Waals surface area contributed by atoms with E-state index in [4.69, 9.17) is 10.1 Å². The van der Waals surface area contributed by atoms with Gasteiger partial charge in [0.05, 0.1) is 5.69 Å². The average Bonchev–Trinajstić information content (AvgIpc) is 3.34. The summed E-state index contributed by atoms with van der Waals surface area (Å²) in [5.41, 5.74) is 2.18. The molecule has 1 aliphatic rings. The molecule has 150 valence electrons. The zero-order valence-electron chi connectivity index (χ0n) is 17.7. The normalized spacial score (nSPS) is 15.6.